The molecule has 2 aliphatic heterocycles. The van der Waals surface area contributed by atoms with Crippen molar-refractivity contribution < 1.29 is 29.1 Å². The van der Waals surface area contributed by atoms with Crippen molar-refractivity contribution in [1.82, 2.24) is 4.90 Å². The lowest BCUT2D eigenvalue weighted by Crippen LogP contribution is -2.47. The van der Waals surface area contributed by atoms with Crippen LogP contribution in [-0.4, -0.2) is 59.8 Å². The second-order valence-electron chi connectivity index (χ2n) is 12.2. The number of ether oxygens (including phenoxy) is 1. The lowest BCUT2D eigenvalue weighted by atomic mass is 9.58. The van der Waals surface area contributed by atoms with Crippen molar-refractivity contribution in [1.29, 1.82) is 0 Å². The van der Waals surface area contributed by atoms with Gasteiger partial charge in [-0.1, -0.05) is 67.8 Å². The molecule has 0 aromatic heterocycles. The minimum absolute atomic E-state index is 0.00722. The number of carbonyl (C=O) groups is 2. The monoisotopic (exact) mass is 569 g/mol. The normalized spacial score (nSPS) is 27.0. The van der Waals surface area contributed by atoms with Gasteiger partial charge >= 0.3 is 7.12 Å². The maximum atomic E-state index is 14.0. The molecule has 2 aromatic rings. The highest BCUT2D eigenvalue weighted by molar-refractivity contribution is 6.43. The van der Waals surface area contributed by atoms with Crippen LogP contribution in [0.15, 0.2) is 65.7 Å². The summed E-state index contributed by atoms with van der Waals surface area (Å²) in [5.41, 5.74) is 4.87. The number of amides is 2. The molecule has 1 saturated carbocycles. The number of allylic oxidation sites excluding steroid dienone is 1. The molecule has 8 heteroatoms. The van der Waals surface area contributed by atoms with E-state index in [0.29, 0.717) is 32.2 Å². The summed E-state index contributed by atoms with van der Waals surface area (Å²) in [4.78, 5) is 29.3. The maximum absolute atomic E-state index is 14.0. The minimum atomic E-state index is -1.01. The summed E-state index contributed by atoms with van der Waals surface area (Å²) in [7, 11) is 0.640. The Balaban J connectivity index is 1.31. The molecule has 4 aliphatic rings. The van der Waals surface area contributed by atoms with E-state index in [4.69, 9.17) is 9.39 Å². The van der Waals surface area contributed by atoms with E-state index < -0.39 is 25.1 Å². The van der Waals surface area contributed by atoms with Crippen molar-refractivity contribution in [2.75, 3.05) is 13.7 Å². The number of carbonyl (C=O) groups excluding carboxylic acids is 2. The zero-order chi connectivity index (χ0) is 29.2. The van der Waals surface area contributed by atoms with Crippen LogP contribution in [0.3, 0.4) is 0 Å². The molecule has 0 radical (unpaired) electrons. The van der Waals surface area contributed by atoms with Crippen LogP contribution in [0.25, 0.3) is 11.6 Å². The summed E-state index contributed by atoms with van der Waals surface area (Å²) in [6.45, 7) is 0.370. The highest BCUT2D eigenvalue weighted by Gasteiger charge is 2.58. The van der Waals surface area contributed by atoms with Crippen LogP contribution in [-0.2, 0) is 19.0 Å². The Hall–Kier alpha value is -3.20. The first-order chi connectivity index (χ1) is 20.5. The second-order valence-corrected chi connectivity index (χ2v) is 12.2. The number of hydrogen-bond donors (Lipinski definition) is 2. The van der Waals surface area contributed by atoms with Gasteiger partial charge in [-0.05, 0) is 78.8 Å². The van der Waals surface area contributed by atoms with Gasteiger partial charge in [0.05, 0.1) is 24.5 Å². The number of imide groups is 1. The third-order valence-electron chi connectivity index (χ3n) is 9.69. The number of benzene rings is 2. The molecule has 2 N–H and O–H groups in total. The second kappa shape index (κ2) is 12.6. The van der Waals surface area contributed by atoms with Crippen LogP contribution in [0.1, 0.15) is 62.5 Å². The van der Waals surface area contributed by atoms with Gasteiger partial charge in [-0.25, -0.2) is 0 Å². The van der Waals surface area contributed by atoms with Crippen molar-refractivity contribution in [3.63, 3.8) is 0 Å². The van der Waals surface area contributed by atoms with Crippen molar-refractivity contribution in [2.24, 2.45) is 17.8 Å². The van der Waals surface area contributed by atoms with Gasteiger partial charge in [0.25, 0.3) is 0 Å². The number of phenolic OH excluding ortho intramolecular Hbond substituents is 1. The quantitative estimate of drug-likeness (QED) is 0.189. The van der Waals surface area contributed by atoms with Gasteiger partial charge in [0, 0.05) is 18.7 Å². The smallest absolute Gasteiger partial charge is 0.455 e. The summed E-state index contributed by atoms with van der Waals surface area (Å²) < 4.78 is 11.8. The predicted octanol–water partition coefficient (Wildman–Crippen LogP) is 5.49. The molecule has 220 valence electrons. The molecule has 0 unspecified atom stereocenters. The summed E-state index contributed by atoms with van der Waals surface area (Å²) >= 11 is 0. The highest BCUT2D eigenvalue weighted by atomic mass is 16.5. The van der Waals surface area contributed by atoms with E-state index in [1.54, 1.807) is 24.1 Å². The van der Waals surface area contributed by atoms with Gasteiger partial charge in [-0.2, -0.15) is 0 Å². The van der Waals surface area contributed by atoms with E-state index >= 15 is 0 Å². The minimum Gasteiger partial charge on any atom is -0.507 e. The van der Waals surface area contributed by atoms with Crippen molar-refractivity contribution in [2.45, 2.75) is 69.8 Å². The Labute approximate surface area is 248 Å². The third kappa shape index (κ3) is 5.60. The number of likely N-dealkylation sites (tertiary alicyclic amines) is 1. The van der Waals surface area contributed by atoms with Crippen LogP contribution in [0.2, 0.25) is 6.32 Å². The lowest BCUT2D eigenvalue weighted by molar-refractivity contribution is -0.143. The molecule has 42 heavy (non-hydrogen) atoms. The number of nitrogens with zero attached hydrogens (tertiary/aromatic N) is 1. The van der Waals surface area contributed by atoms with Gasteiger partial charge in [-0.3, -0.25) is 14.5 Å². The molecular weight excluding hydrogens is 529 g/mol. The number of phenols is 1. The van der Waals surface area contributed by atoms with Crippen molar-refractivity contribution in [3.05, 3.63) is 76.9 Å². The molecule has 7 nitrogen and oxygen atoms in total. The standard InChI is InChI=1S/C34H40BNO6/c1-41-21-25-19-27-32(34(39)36(33(27)38)26-13-6-3-7-14-26)28-20-35(40)42-30(31(25)28)17-16-23(22-10-4-2-5-11-22)18-24-12-8-9-15-29(24)37/h2,4-5,8-12,15,18,26-28,30,32,37,40H,3,6-7,13-14,16-17,19-21H2,1H3/b23-18-/t27-,28+,30-,32-/m1/s1. The zero-order valence-corrected chi connectivity index (χ0v) is 24.3. The van der Waals surface area contributed by atoms with Crippen LogP contribution >= 0.6 is 0 Å². The first-order valence-electron chi connectivity index (χ1n) is 15.4. The molecule has 3 fully saturated rings. The van der Waals surface area contributed by atoms with Crippen molar-refractivity contribution in [3.8, 4) is 5.75 Å². The number of para-hydroxylation sites is 1. The predicted molar refractivity (Wildman–Crippen MR) is 162 cm³/mol. The average molecular weight is 570 g/mol. The van der Waals surface area contributed by atoms with Crippen LogP contribution in [0.4, 0.5) is 0 Å². The highest BCUT2D eigenvalue weighted by Crippen LogP contribution is 2.51. The fourth-order valence-electron chi connectivity index (χ4n) is 7.83. The molecule has 2 amide bonds. The van der Waals surface area contributed by atoms with Gasteiger partial charge in [-0.15, -0.1) is 0 Å². The molecule has 2 aliphatic carbocycles. The Morgan fingerprint density at radius 3 is 2.50 bits per heavy atom. The summed E-state index contributed by atoms with van der Waals surface area (Å²) in [5.74, 6) is -1.00. The van der Waals surface area contributed by atoms with Gasteiger partial charge < -0.3 is 19.5 Å². The van der Waals surface area contributed by atoms with Crippen LogP contribution in [0.5, 0.6) is 5.75 Å². The first-order valence-corrected chi connectivity index (χ1v) is 15.4. The van der Waals surface area contributed by atoms with E-state index in [-0.39, 0.29) is 29.5 Å². The van der Waals surface area contributed by atoms with E-state index in [1.165, 1.54) is 0 Å². The first kappa shape index (κ1) is 28.9. The molecule has 2 aromatic carbocycles. The molecule has 0 spiro atoms. The number of methoxy groups -OCH3 is 1. The summed E-state index contributed by atoms with van der Waals surface area (Å²) in [6.07, 6.45) is 8.61. The van der Waals surface area contributed by atoms with Crippen LogP contribution in [0, 0.1) is 17.8 Å². The van der Waals surface area contributed by atoms with Crippen LogP contribution < -0.4 is 0 Å². The van der Waals surface area contributed by atoms with Gasteiger partial charge in [0.1, 0.15) is 5.75 Å². The van der Waals surface area contributed by atoms with Gasteiger partial charge in [0.2, 0.25) is 11.8 Å². The Bertz CT molecular complexity index is 1370. The van der Waals surface area contributed by atoms with E-state index in [0.717, 1.165) is 60.0 Å². The molecule has 2 saturated heterocycles. The summed E-state index contributed by atoms with van der Waals surface area (Å²) in [5, 5.41) is 21.4. The van der Waals surface area contributed by atoms with Gasteiger partial charge in [0.15, 0.2) is 0 Å². The maximum Gasteiger partial charge on any atom is 0.455 e. The molecule has 0 bridgehead atoms. The largest absolute Gasteiger partial charge is 0.507 e. The Morgan fingerprint density at radius 1 is 1.02 bits per heavy atom. The lowest BCUT2D eigenvalue weighted by Gasteiger charge is -2.43. The topological polar surface area (TPSA) is 96.3 Å². The zero-order valence-electron chi connectivity index (χ0n) is 24.3. The van der Waals surface area contributed by atoms with Crippen molar-refractivity contribution >= 4 is 30.6 Å². The fourth-order valence-corrected chi connectivity index (χ4v) is 7.83. The number of fused-ring (bicyclic) bond motifs is 3. The van der Waals surface area contributed by atoms with E-state index in [1.807, 2.05) is 36.4 Å². The fraction of sp³-hybridized carbons (Fsp3) is 0.471. The van der Waals surface area contributed by atoms with E-state index in [9.17, 15) is 19.7 Å². The average Bonchev–Trinajstić information content (AvgIpc) is 3.26. The Morgan fingerprint density at radius 2 is 1.76 bits per heavy atom. The molecule has 2 heterocycles. The van der Waals surface area contributed by atoms with E-state index in [2.05, 4.69) is 12.1 Å². The third-order valence-corrected chi connectivity index (χ3v) is 9.69. The molecule has 6 rings (SSSR count). The Kier molecular flexibility index (Phi) is 8.66. The molecule has 4 atom stereocenters. The summed E-state index contributed by atoms with van der Waals surface area (Å²) in [6, 6.07) is 17.3. The molecular formula is C34H40BNO6. The number of rotatable bonds is 8. The number of hydrogen-bond acceptors (Lipinski definition) is 6. The SMILES string of the molecule is COCC1=C2[C@@H](CC/C(=C/c3ccccc3O)c3ccccc3)OB(O)C[C@@H]2[C@@H]2C(=O)N(C3CCCCC3)C(=O)[C@@H]2C1. The number of aromatic hydroxyl groups is 1.